The van der Waals surface area contributed by atoms with Gasteiger partial charge in [0.1, 0.15) is 0 Å². The number of nitrogens with zero attached hydrogens (tertiary/aromatic N) is 1. The second-order valence-electron chi connectivity index (χ2n) is 5.14. The minimum Gasteiger partial charge on any atom is -0.361 e. The van der Waals surface area contributed by atoms with Crippen molar-refractivity contribution in [3.05, 3.63) is 64.3 Å². The van der Waals surface area contributed by atoms with Gasteiger partial charge in [0.15, 0.2) is 0 Å². The van der Waals surface area contributed by atoms with Crippen molar-refractivity contribution in [1.29, 1.82) is 0 Å². The van der Waals surface area contributed by atoms with Gasteiger partial charge in [0.05, 0.1) is 10.7 Å². The number of aromatic nitrogens is 1. The number of rotatable bonds is 6. The van der Waals surface area contributed by atoms with E-state index in [0.717, 1.165) is 17.5 Å². The molecule has 0 aliphatic rings. The van der Waals surface area contributed by atoms with E-state index in [9.17, 15) is 4.79 Å². The largest absolute Gasteiger partial charge is 0.361 e. The van der Waals surface area contributed by atoms with E-state index in [-0.39, 0.29) is 0 Å². The Hall–Kier alpha value is -2.17. The van der Waals surface area contributed by atoms with Gasteiger partial charge in [0.2, 0.25) is 6.41 Å². The molecular formula is C17H15Cl2N3O. The molecule has 0 bridgehead atoms. The van der Waals surface area contributed by atoms with Crippen LogP contribution in [0.3, 0.4) is 0 Å². The molecule has 1 aromatic heterocycles. The van der Waals surface area contributed by atoms with Gasteiger partial charge in [-0.3, -0.25) is 15.2 Å². The maximum atomic E-state index is 11.3. The van der Waals surface area contributed by atoms with Crippen LogP contribution in [-0.2, 0) is 11.2 Å². The lowest BCUT2D eigenvalue weighted by Crippen LogP contribution is -2.30. The zero-order valence-electron chi connectivity index (χ0n) is 12.2. The Morgan fingerprint density at radius 3 is 2.83 bits per heavy atom. The van der Waals surface area contributed by atoms with Crippen molar-refractivity contribution in [3.63, 3.8) is 0 Å². The SMILES string of the molecule is O=CN(CCc1c[nH]c2ccccc12)Nc1cc(Cl)ccc1Cl. The smallest absolute Gasteiger partial charge is 0.228 e. The Morgan fingerprint density at radius 2 is 2.00 bits per heavy atom. The van der Waals surface area contributed by atoms with Gasteiger partial charge in [0.25, 0.3) is 0 Å². The van der Waals surface area contributed by atoms with E-state index in [1.807, 2.05) is 24.4 Å². The molecule has 0 fully saturated rings. The second kappa shape index (κ2) is 6.94. The lowest BCUT2D eigenvalue weighted by molar-refractivity contribution is -0.117. The van der Waals surface area contributed by atoms with E-state index in [2.05, 4.69) is 16.5 Å². The molecule has 0 saturated heterocycles. The van der Waals surface area contributed by atoms with Gasteiger partial charge in [-0.05, 0) is 36.2 Å². The van der Waals surface area contributed by atoms with Crippen LogP contribution in [0.15, 0.2) is 48.7 Å². The Balaban J connectivity index is 1.70. The summed E-state index contributed by atoms with van der Waals surface area (Å²) in [5.74, 6) is 0. The quantitative estimate of drug-likeness (QED) is 0.509. The van der Waals surface area contributed by atoms with E-state index < -0.39 is 0 Å². The fourth-order valence-electron chi connectivity index (χ4n) is 2.45. The number of anilines is 1. The monoisotopic (exact) mass is 347 g/mol. The number of hydrazine groups is 1. The highest BCUT2D eigenvalue weighted by Crippen LogP contribution is 2.26. The van der Waals surface area contributed by atoms with Gasteiger partial charge < -0.3 is 4.98 Å². The van der Waals surface area contributed by atoms with Gasteiger partial charge in [0, 0.05) is 28.7 Å². The van der Waals surface area contributed by atoms with E-state index in [0.29, 0.717) is 28.7 Å². The zero-order chi connectivity index (χ0) is 16.2. The van der Waals surface area contributed by atoms with Crippen LogP contribution in [0.5, 0.6) is 0 Å². The third kappa shape index (κ3) is 3.60. The van der Waals surface area contributed by atoms with Crippen molar-refractivity contribution in [1.82, 2.24) is 9.99 Å². The van der Waals surface area contributed by atoms with Gasteiger partial charge in [-0.1, -0.05) is 41.4 Å². The molecule has 0 aliphatic heterocycles. The Morgan fingerprint density at radius 1 is 1.17 bits per heavy atom. The molecule has 0 spiro atoms. The molecule has 0 radical (unpaired) electrons. The first-order valence-corrected chi connectivity index (χ1v) is 7.91. The first-order valence-electron chi connectivity index (χ1n) is 7.16. The number of H-pyrrole nitrogens is 1. The van der Waals surface area contributed by atoms with Gasteiger partial charge in [-0.25, -0.2) is 0 Å². The van der Waals surface area contributed by atoms with Crippen LogP contribution in [0.2, 0.25) is 10.0 Å². The molecule has 3 aromatic rings. The van der Waals surface area contributed by atoms with Crippen LogP contribution in [-0.4, -0.2) is 22.9 Å². The minimum absolute atomic E-state index is 0.508. The lowest BCUT2D eigenvalue weighted by Gasteiger charge is -2.20. The third-order valence-corrected chi connectivity index (χ3v) is 4.18. The number of fused-ring (bicyclic) bond motifs is 1. The fourth-order valence-corrected chi connectivity index (χ4v) is 2.78. The van der Waals surface area contributed by atoms with E-state index in [1.165, 1.54) is 10.4 Å². The number of aromatic amines is 1. The van der Waals surface area contributed by atoms with Crippen LogP contribution in [0.1, 0.15) is 5.56 Å². The van der Waals surface area contributed by atoms with Crippen molar-refractivity contribution >= 4 is 46.2 Å². The Kier molecular flexibility index (Phi) is 4.74. The summed E-state index contributed by atoms with van der Waals surface area (Å²) in [6.45, 7) is 0.508. The summed E-state index contributed by atoms with van der Waals surface area (Å²) < 4.78 is 0. The highest BCUT2D eigenvalue weighted by Gasteiger charge is 2.08. The molecule has 2 aromatic carbocycles. The molecule has 118 valence electrons. The summed E-state index contributed by atoms with van der Waals surface area (Å²) in [4.78, 5) is 14.5. The van der Waals surface area contributed by atoms with Gasteiger partial charge >= 0.3 is 0 Å². The maximum absolute atomic E-state index is 11.3. The predicted octanol–water partition coefficient (Wildman–Crippen LogP) is 4.50. The average molecular weight is 348 g/mol. The molecule has 0 atom stereocenters. The third-order valence-electron chi connectivity index (χ3n) is 3.62. The number of benzene rings is 2. The number of hydrogen-bond donors (Lipinski definition) is 2. The Bertz CT molecular complexity index is 832. The highest BCUT2D eigenvalue weighted by molar-refractivity contribution is 6.35. The molecule has 1 heterocycles. The van der Waals surface area contributed by atoms with Crippen LogP contribution in [0.4, 0.5) is 5.69 Å². The normalized spacial score (nSPS) is 10.7. The lowest BCUT2D eigenvalue weighted by atomic mass is 10.1. The number of nitrogens with one attached hydrogen (secondary N) is 2. The van der Waals surface area contributed by atoms with Crippen LogP contribution in [0, 0.1) is 0 Å². The van der Waals surface area contributed by atoms with E-state index in [1.54, 1.807) is 18.2 Å². The van der Waals surface area contributed by atoms with Gasteiger partial charge in [-0.2, -0.15) is 0 Å². The van der Waals surface area contributed by atoms with Gasteiger partial charge in [-0.15, -0.1) is 0 Å². The number of hydrogen-bond acceptors (Lipinski definition) is 2. The fraction of sp³-hybridized carbons (Fsp3) is 0.118. The summed E-state index contributed by atoms with van der Waals surface area (Å²) in [6.07, 6.45) is 3.43. The first kappa shape index (κ1) is 15.7. The van der Waals surface area contributed by atoms with Crippen molar-refractivity contribution < 1.29 is 4.79 Å². The van der Waals surface area contributed by atoms with Crippen molar-refractivity contribution in [2.75, 3.05) is 12.0 Å². The number of halogens is 2. The number of carbonyl (C=O) groups excluding carboxylic acids is 1. The first-order chi connectivity index (χ1) is 11.2. The zero-order valence-corrected chi connectivity index (χ0v) is 13.7. The molecule has 4 nitrogen and oxygen atoms in total. The molecule has 3 rings (SSSR count). The minimum atomic E-state index is 0.508. The molecule has 1 amide bonds. The van der Waals surface area contributed by atoms with Crippen molar-refractivity contribution in [2.24, 2.45) is 0 Å². The Labute approximate surface area is 144 Å². The van der Waals surface area contributed by atoms with E-state index >= 15 is 0 Å². The summed E-state index contributed by atoms with van der Waals surface area (Å²) in [5.41, 5.74) is 5.84. The second-order valence-corrected chi connectivity index (χ2v) is 5.99. The standard InChI is InChI=1S/C17H15Cl2N3O/c18-13-5-6-15(19)17(9-13)21-22(11-23)8-7-12-10-20-16-4-2-1-3-14(12)16/h1-6,9-11,20-21H,7-8H2. The summed E-state index contributed by atoms with van der Waals surface area (Å²) in [7, 11) is 0. The van der Waals surface area contributed by atoms with E-state index in [4.69, 9.17) is 23.2 Å². The van der Waals surface area contributed by atoms with Crippen LogP contribution < -0.4 is 5.43 Å². The van der Waals surface area contributed by atoms with Crippen LogP contribution >= 0.6 is 23.2 Å². The molecule has 6 heteroatoms. The summed E-state index contributed by atoms with van der Waals surface area (Å²) in [5, 5.41) is 3.69. The maximum Gasteiger partial charge on any atom is 0.228 e. The average Bonchev–Trinajstić information content (AvgIpc) is 2.98. The molecule has 0 unspecified atom stereocenters. The highest BCUT2D eigenvalue weighted by atomic mass is 35.5. The number of carbonyl (C=O) groups is 1. The predicted molar refractivity (Wildman–Crippen MR) is 94.9 cm³/mol. The molecule has 2 N–H and O–H groups in total. The summed E-state index contributed by atoms with van der Waals surface area (Å²) >= 11 is 12.1. The molecule has 0 aliphatic carbocycles. The van der Waals surface area contributed by atoms with Crippen LogP contribution in [0.25, 0.3) is 10.9 Å². The topological polar surface area (TPSA) is 48.1 Å². The number of para-hydroxylation sites is 1. The summed E-state index contributed by atoms with van der Waals surface area (Å²) in [6, 6.07) is 13.2. The number of amides is 1. The van der Waals surface area contributed by atoms with Crippen molar-refractivity contribution in [3.8, 4) is 0 Å². The molecular weight excluding hydrogens is 333 g/mol. The molecule has 23 heavy (non-hydrogen) atoms. The van der Waals surface area contributed by atoms with Crippen molar-refractivity contribution in [2.45, 2.75) is 6.42 Å². The molecule has 0 saturated carbocycles.